The lowest BCUT2D eigenvalue weighted by molar-refractivity contribution is 0.0321. The molecule has 35 heavy (non-hydrogen) atoms. The Morgan fingerprint density at radius 2 is 0.714 bits per heavy atom. The van der Waals surface area contributed by atoms with Gasteiger partial charge in [0.05, 0.1) is 0 Å². The average Bonchev–Trinajstić information content (AvgIpc) is 2.99. The first-order valence-corrected chi connectivity index (χ1v) is 15.2. The molecule has 0 amide bonds. The Bertz CT molecular complexity index is 676. The lowest BCUT2D eigenvalue weighted by Gasteiger charge is -2.52. The molecule has 0 spiro atoms. The summed E-state index contributed by atoms with van der Waals surface area (Å²) in [7, 11) is 0. The molecule has 2 aliphatic carbocycles. The largest absolute Gasteiger partial charge is 0.307 e. The van der Waals surface area contributed by atoms with E-state index in [4.69, 9.17) is 0 Å². The molecule has 2 saturated carbocycles. The predicted molar refractivity (Wildman–Crippen MR) is 153 cm³/mol. The third-order valence-corrected chi connectivity index (χ3v) is 10.6. The van der Waals surface area contributed by atoms with Crippen LogP contribution in [0.25, 0.3) is 0 Å². The van der Waals surface area contributed by atoms with Crippen LogP contribution >= 0.6 is 0 Å². The highest BCUT2D eigenvalue weighted by molar-refractivity contribution is 5.06. The summed E-state index contributed by atoms with van der Waals surface area (Å²) >= 11 is 0. The van der Waals surface area contributed by atoms with E-state index in [2.05, 4.69) is 93.7 Å². The monoisotopic (exact) mass is 486 g/mol. The molecule has 204 valence electrons. The Balaban J connectivity index is 1.64. The van der Waals surface area contributed by atoms with Gasteiger partial charge in [-0.2, -0.15) is 0 Å². The predicted octanol–water partition coefficient (Wildman–Crippen LogP) is 8.59. The van der Waals surface area contributed by atoms with Crippen molar-refractivity contribution < 1.29 is 0 Å². The van der Waals surface area contributed by atoms with Gasteiger partial charge in [-0.25, -0.2) is 0 Å². The minimum Gasteiger partial charge on any atom is -0.307 e. The standard InChI is InChI=1S/C33H62N2/c1-28(2)15-23(16-29(3,4)21-28)22-13-26(24-17-30(5,6)34-31(7,8)18-24)27(14-22)25-19-32(9,10)35-33(11,12)20-25/h22-27,34-35H,13-21H2,1-12H3. The number of piperidine rings is 2. The smallest absolute Gasteiger partial charge is 0.0132 e. The van der Waals surface area contributed by atoms with E-state index in [1.54, 1.807) is 0 Å². The average molecular weight is 487 g/mol. The second-order valence-corrected chi connectivity index (χ2v) is 18.4. The van der Waals surface area contributed by atoms with Gasteiger partial charge in [0, 0.05) is 22.2 Å². The van der Waals surface area contributed by atoms with E-state index in [1.165, 1.54) is 57.8 Å². The molecule has 0 bridgehead atoms. The van der Waals surface area contributed by atoms with Gasteiger partial charge < -0.3 is 10.6 Å². The van der Waals surface area contributed by atoms with Crippen LogP contribution in [0.1, 0.15) is 141 Å². The Morgan fingerprint density at radius 1 is 0.400 bits per heavy atom. The van der Waals surface area contributed by atoms with Gasteiger partial charge in [-0.3, -0.25) is 0 Å². The highest BCUT2D eigenvalue weighted by atomic mass is 15.1. The highest BCUT2D eigenvalue weighted by Crippen LogP contribution is 2.59. The van der Waals surface area contributed by atoms with Crippen LogP contribution < -0.4 is 10.6 Å². The van der Waals surface area contributed by atoms with Crippen LogP contribution in [0.5, 0.6) is 0 Å². The van der Waals surface area contributed by atoms with Crippen molar-refractivity contribution in [1.29, 1.82) is 0 Å². The van der Waals surface area contributed by atoms with Crippen LogP contribution in [0.2, 0.25) is 0 Å². The molecule has 4 fully saturated rings. The van der Waals surface area contributed by atoms with Crippen LogP contribution in [0.3, 0.4) is 0 Å². The molecule has 2 N–H and O–H groups in total. The summed E-state index contributed by atoms with van der Waals surface area (Å²) in [5, 5.41) is 7.98. The first-order chi connectivity index (χ1) is 15.7. The summed E-state index contributed by atoms with van der Waals surface area (Å²) in [5.41, 5.74) is 1.98. The van der Waals surface area contributed by atoms with Crippen molar-refractivity contribution in [2.45, 2.75) is 163 Å². The molecule has 0 aromatic carbocycles. The second kappa shape index (κ2) is 8.72. The summed E-state index contributed by atoms with van der Waals surface area (Å²) in [6, 6.07) is 0. The Kier molecular flexibility index (Phi) is 6.96. The number of hydrogen-bond acceptors (Lipinski definition) is 2. The van der Waals surface area contributed by atoms with E-state index in [0.29, 0.717) is 10.8 Å². The quantitative estimate of drug-likeness (QED) is 0.417. The van der Waals surface area contributed by atoms with Crippen molar-refractivity contribution in [2.24, 2.45) is 46.3 Å². The van der Waals surface area contributed by atoms with Gasteiger partial charge in [0.2, 0.25) is 0 Å². The lowest BCUT2D eigenvalue weighted by Crippen LogP contribution is -2.60. The van der Waals surface area contributed by atoms with Crippen molar-refractivity contribution in [1.82, 2.24) is 10.6 Å². The van der Waals surface area contributed by atoms with E-state index in [-0.39, 0.29) is 22.2 Å². The van der Waals surface area contributed by atoms with Crippen LogP contribution in [0, 0.1) is 46.3 Å². The number of nitrogens with one attached hydrogen (secondary N) is 2. The lowest BCUT2D eigenvalue weighted by atomic mass is 9.58. The second-order valence-electron chi connectivity index (χ2n) is 18.4. The van der Waals surface area contributed by atoms with Crippen LogP contribution in [-0.4, -0.2) is 22.2 Å². The van der Waals surface area contributed by atoms with Gasteiger partial charge in [0.15, 0.2) is 0 Å². The van der Waals surface area contributed by atoms with Crippen LogP contribution in [0.15, 0.2) is 0 Å². The van der Waals surface area contributed by atoms with Gasteiger partial charge in [-0.05, 0) is 160 Å². The summed E-state index contributed by atoms with van der Waals surface area (Å²) < 4.78 is 0. The van der Waals surface area contributed by atoms with Crippen molar-refractivity contribution in [3.63, 3.8) is 0 Å². The Morgan fingerprint density at radius 3 is 1.03 bits per heavy atom. The van der Waals surface area contributed by atoms with Crippen molar-refractivity contribution in [3.05, 3.63) is 0 Å². The molecule has 2 saturated heterocycles. The summed E-state index contributed by atoms with van der Waals surface area (Å²) in [6.45, 7) is 29.9. The Labute approximate surface area is 219 Å². The Hall–Kier alpha value is -0.0800. The van der Waals surface area contributed by atoms with Gasteiger partial charge in [0.1, 0.15) is 0 Å². The molecule has 0 aromatic heterocycles. The summed E-state index contributed by atoms with van der Waals surface area (Å²) in [6.07, 6.45) is 12.7. The molecule has 0 aromatic rings. The fourth-order valence-electron chi connectivity index (χ4n) is 11.3. The molecule has 2 heterocycles. The van der Waals surface area contributed by atoms with Gasteiger partial charge in [-0.1, -0.05) is 27.7 Å². The number of hydrogen-bond donors (Lipinski definition) is 2. The third kappa shape index (κ3) is 6.68. The van der Waals surface area contributed by atoms with Crippen molar-refractivity contribution >= 4 is 0 Å². The SMILES string of the molecule is CC1(C)CC(C2CC(C3CC(C)(C)NC(C)(C)C3)C(C3CC(C)(C)NC(C)(C)C3)C2)CC(C)(C)C1. The van der Waals surface area contributed by atoms with E-state index in [1.807, 2.05) is 0 Å². The zero-order valence-electron chi connectivity index (χ0n) is 25.8. The molecular weight excluding hydrogens is 424 g/mol. The molecule has 4 aliphatic rings. The molecular formula is C33H62N2. The molecule has 2 heteroatoms. The molecule has 4 rings (SSSR count). The van der Waals surface area contributed by atoms with Gasteiger partial charge in [-0.15, -0.1) is 0 Å². The maximum absolute atomic E-state index is 3.99. The number of rotatable bonds is 3. The minimum absolute atomic E-state index is 0.247. The van der Waals surface area contributed by atoms with Gasteiger partial charge in [0.25, 0.3) is 0 Å². The molecule has 2 nitrogen and oxygen atoms in total. The van der Waals surface area contributed by atoms with Crippen LogP contribution in [0.4, 0.5) is 0 Å². The summed E-state index contributed by atoms with van der Waals surface area (Å²) in [5.74, 6) is 5.40. The van der Waals surface area contributed by atoms with E-state index >= 15 is 0 Å². The van der Waals surface area contributed by atoms with Crippen molar-refractivity contribution in [3.8, 4) is 0 Å². The van der Waals surface area contributed by atoms with E-state index in [0.717, 1.165) is 35.5 Å². The first-order valence-electron chi connectivity index (χ1n) is 15.2. The minimum atomic E-state index is 0.247. The molecule has 2 unspecified atom stereocenters. The zero-order chi connectivity index (χ0) is 26.2. The van der Waals surface area contributed by atoms with Crippen LogP contribution in [-0.2, 0) is 0 Å². The zero-order valence-corrected chi connectivity index (χ0v) is 25.8. The molecule has 2 aliphatic heterocycles. The van der Waals surface area contributed by atoms with E-state index < -0.39 is 0 Å². The maximum atomic E-state index is 3.99. The normalized spacial score (nSPS) is 38.9. The van der Waals surface area contributed by atoms with Crippen molar-refractivity contribution in [2.75, 3.05) is 0 Å². The summed E-state index contributed by atoms with van der Waals surface area (Å²) in [4.78, 5) is 0. The topological polar surface area (TPSA) is 24.1 Å². The fourth-order valence-corrected chi connectivity index (χ4v) is 11.3. The maximum Gasteiger partial charge on any atom is 0.0132 e. The van der Waals surface area contributed by atoms with E-state index in [9.17, 15) is 0 Å². The van der Waals surface area contributed by atoms with Gasteiger partial charge >= 0.3 is 0 Å². The highest BCUT2D eigenvalue weighted by Gasteiger charge is 2.53. The third-order valence-electron chi connectivity index (χ3n) is 10.6. The molecule has 0 radical (unpaired) electrons. The first kappa shape index (κ1) is 27.9. The molecule has 2 atom stereocenters. The fraction of sp³-hybridized carbons (Fsp3) is 1.00.